The fourth-order valence-electron chi connectivity index (χ4n) is 3.77. The van der Waals surface area contributed by atoms with Gasteiger partial charge in [-0.05, 0) is 72.4 Å². The number of imide groups is 3. The third kappa shape index (κ3) is 4.76. The van der Waals surface area contributed by atoms with E-state index in [0.717, 1.165) is 28.4 Å². The third-order valence-electron chi connectivity index (χ3n) is 5.54. The number of hydrogen-bond acceptors (Lipinski definition) is 10. The summed E-state index contributed by atoms with van der Waals surface area (Å²) in [7, 11) is 0. The molecule has 2 aliphatic rings. The fraction of sp³-hybridized carbons (Fsp3) is 0.0800. The highest BCUT2D eigenvalue weighted by molar-refractivity contribution is 8.34. The van der Waals surface area contributed by atoms with E-state index in [0.29, 0.717) is 20.5 Å². The minimum atomic E-state index is -0.871. The molecule has 0 aliphatic carbocycles. The van der Waals surface area contributed by atoms with Crippen molar-refractivity contribution in [3.8, 4) is 11.5 Å². The Morgan fingerprint density at radius 1 is 0.946 bits per heavy atom. The summed E-state index contributed by atoms with van der Waals surface area (Å²) in [6, 6.07) is 14.5. The van der Waals surface area contributed by atoms with Crippen LogP contribution in [0.4, 0.5) is 16.2 Å². The largest absolute Gasteiger partial charge is 0.508 e. The van der Waals surface area contributed by atoms with E-state index in [-0.39, 0.29) is 40.3 Å². The molecule has 186 valence electrons. The van der Waals surface area contributed by atoms with Gasteiger partial charge >= 0.3 is 6.03 Å². The van der Waals surface area contributed by atoms with Crippen molar-refractivity contribution in [2.75, 3.05) is 17.3 Å². The number of aromatic hydroxyl groups is 2. The van der Waals surface area contributed by atoms with Crippen molar-refractivity contribution in [1.82, 2.24) is 14.8 Å². The maximum atomic E-state index is 13.6. The quantitative estimate of drug-likeness (QED) is 0.282. The number of aromatic nitrogens is 1. The summed E-state index contributed by atoms with van der Waals surface area (Å²) in [5.41, 5.74) is 1.12. The van der Waals surface area contributed by atoms with Crippen LogP contribution in [-0.4, -0.2) is 60.4 Å². The molecule has 2 N–H and O–H groups in total. The van der Waals surface area contributed by atoms with Crippen molar-refractivity contribution < 1.29 is 29.4 Å². The van der Waals surface area contributed by atoms with E-state index < -0.39 is 17.8 Å². The van der Waals surface area contributed by atoms with Crippen molar-refractivity contribution in [3.05, 3.63) is 88.6 Å². The zero-order valence-electron chi connectivity index (χ0n) is 19.0. The molecule has 0 saturated carbocycles. The predicted octanol–water partition coefficient (Wildman–Crippen LogP) is 3.87. The number of amides is 4. The van der Waals surface area contributed by atoms with Gasteiger partial charge in [0.2, 0.25) is 5.12 Å². The molecule has 2 saturated heterocycles. The minimum absolute atomic E-state index is 0.0372. The van der Waals surface area contributed by atoms with E-state index in [4.69, 9.17) is 0 Å². The summed E-state index contributed by atoms with van der Waals surface area (Å²) >= 11 is 1.99. The van der Waals surface area contributed by atoms with E-state index in [2.05, 4.69) is 4.98 Å². The van der Waals surface area contributed by atoms with Gasteiger partial charge in [-0.2, -0.15) is 4.90 Å². The van der Waals surface area contributed by atoms with E-state index in [1.807, 2.05) is 0 Å². The van der Waals surface area contributed by atoms with Crippen LogP contribution in [0.3, 0.4) is 0 Å². The van der Waals surface area contributed by atoms with Gasteiger partial charge in [0, 0.05) is 23.8 Å². The molecule has 3 aromatic rings. The summed E-state index contributed by atoms with van der Waals surface area (Å²) < 4.78 is 0.334. The first-order chi connectivity index (χ1) is 17.8. The van der Waals surface area contributed by atoms with Crippen LogP contribution in [0.2, 0.25) is 0 Å². The van der Waals surface area contributed by atoms with E-state index in [1.54, 1.807) is 29.2 Å². The Balaban J connectivity index is 1.59. The molecule has 12 heteroatoms. The monoisotopic (exact) mass is 534 g/mol. The Morgan fingerprint density at radius 3 is 2.08 bits per heavy atom. The molecule has 3 heterocycles. The topological polar surface area (TPSA) is 131 Å². The molecule has 0 unspecified atom stereocenters. The van der Waals surface area contributed by atoms with Gasteiger partial charge in [0.1, 0.15) is 23.9 Å². The lowest BCUT2D eigenvalue weighted by molar-refractivity contribution is -0.121. The molecule has 4 amide bonds. The SMILES string of the molecule is O=C1CSC(=C2C(=O)N(C(=O)c3cccnc3)C(=O)N2CN(c2ccc(O)cc2)c2ccc(O)cc2)S1. The van der Waals surface area contributed by atoms with E-state index >= 15 is 0 Å². The van der Waals surface area contributed by atoms with Gasteiger partial charge in [-0.3, -0.25) is 24.3 Å². The van der Waals surface area contributed by atoms with Crippen molar-refractivity contribution in [2.45, 2.75) is 0 Å². The second kappa shape index (κ2) is 9.99. The van der Waals surface area contributed by atoms with Crippen LogP contribution in [0.15, 0.2) is 83.0 Å². The average molecular weight is 535 g/mol. The summed E-state index contributed by atoms with van der Waals surface area (Å²) in [6.07, 6.45) is 2.73. The van der Waals surface area contributed by atoms with Gasteiger partial charge in [-0.25, -0.2) is 4.79 Å². The van der Waals surface area contributed by atoms with Crippen LogP contribution < -0.4 is 4.90 Å². The van der Waals surface area contributed by atoms with Crippen LogP contribution in [0.25, 0.3) is 0 Å². The molecule has 2 aliphatic heterocycles. The molecule has 0 atom stereocenters. The predicted molar refractivity (Wildman–Crippen MR) is 138 cm³/mol. The fourth-order valence-corrected chi connectivity index (χ4v) is 5.96. The molecule has 1 aromatic heterocycles. The smallest absolute Gasteiger partial charge is 0.340 e. The Morgan fingerprint density at radius 2 is 1.57 bits per heavy atom. The zero-order chi connectivity index (χ0) is 26.1. The molecule has 5 rings (SSSR count). The summed E-state index contributed by atoms with van der Waals surface area (Å²) in [5.74, 6) is -1.45. The Bertz CT molecular complexity index is 1380. The molecule has 0 spiro atoms. The lowest BCUT2D eigenvalue weighted by Crippen LogP contribution is -2.41. The van der Waals surface area contributed by atoms with Crippen molar-refractivity contribution in [2.24, 2.45) is 0 Å². The molecule has 2 aromatic carbocycles. The zero-order valence-corrected chi connectivity index (χ0v) is 20.6. The van der Waals surface area contributed by atoms with Gasteiger partial charge in [0.15, 0.2) is 0 Å². The van der Waals surface area contributed by atoms with Gasteiger partial charge < -0.3 is 15.1 Å². The number of carbonyl (C=O) groups is 4. The molecular weight excluding hydrogens is 516 g/mol. The molecule has 2 fully saturated rings. The lowest BCUT2D eigenvalue weighted by atomic mass is 10.2. The third-order valence-corrected chi connectivity index (χ3v) is 7.94. The molecule has 10 nitrogen and oxygen atoms in total. The van der Waals surface area contributed by atoms with Gasteiger partial charge in [0.25, 0.3) is 11.8 Å². The molecular formula is C25H18N4O6S2. The van der Waals surface area contributed by atoms with Gasteiger partial charge in [0.05, 0.1) is 15.6 Å². The van der Waals surface area contributed by atoms with Gasteiger partial charge in [-0.1, -0.05) is 0 Å². The Kier molecular flexibility index (Phi) is 6.59. The maximum Gasteiger partial charge on any atom is 0.340 e. The summed E-state index contributed by atoms with van der Waals surface area (Å²) in [6.45, 7) is -0.203. The number of benzene rings is 2. The highest BCUT2D eigenvalue weighted by atomic mass is 32.2. The van der Waals surface area contributed by atoms with Crippen LogP contribution >= 0.6 is 23.5 Å². The average Bonchev–Trinajstić information content (AvgIpc) is 3.43. The number of pyridine rings is 1. The number of urea groups is 1. The van der Waals surface area contributed by atoms with Crippen molar-refractivity contribution in [1.29, 1.82) is 0 Å². The van der Waals surface area contributed by atoms with Crippen LogP contribution in [0.1, 0.15) is 10.4 Å². The Hall–Kier alpha value is -4.29. The van der Waals surface area contributed by atoms with Crippen LogP contribution in [0.5, 0.6) is 11.5 Å². The number of rotatable bonds is 5. The number of anilines is 2. The number of thioether (sulfide) groups is 2. The van der Waals surface area contributed by atoms with Crippen LogP contribution in [-0.2, 0) is 9.59 Å². The first kappa shape index (κ1) is 24.4. The van der Waals surface area contributed by atoms with Crippen molar-refractivity contribution >= 4 is 57.9 Å². The first-order valence-electron chi connectivity index (χ1n) is 10.9. The molecule has 0 radical (unpaired) electrons. The highest BCUT2D eigenvalue weighted by Gasteiger charge is 2.48. The first-order valence-corrected chi connectivity index (χ1v) is 12.7. The number of nitrogens with zero attached hydrogens (tertiary/aromatic N) is 4. The second-order valence-electron chi connectivity index (χ2n) is 7.90. The van der Waals surface area contributed by atoms with Crippen molar-refractivity contribution in [3.63, 3.8) is 0 Å². The lowest BCUT2D eigenvalue weighted by Gasteiger charge is -2.30. The van der Waals surface area contributed by atoms with Gasteiger partial charge in [-0.15, -0.1) is 11.8 Å². The standard InChI is InChI=1S/C25H18N4O6S2/c30-18-7-3-16(4-8-18)27(17-5-9-19(31)10-6-17)14-28-21(24-36-13-20(32)37-24)23(34)29(25(28)35)22(33)15-2-1-11-26-12-15/h1-12,30-31H,13-14H2. The second-order valence-corrected chi connectivity index (χ2v) is 10.2. The van der Waals surface area contributed by atoms with E-state index in [9.17, 15) is 29.4 Å². The number of phenolic OH excluding ortho intramolecular Hbond substituents is 2. The number of phenols is 2. The molecule has 37 heavy (non-hydrogen) atoms. The Labute approximate surface area is 219 Å². The minimum Gasteiger partial charge on any atom is -0.508 e. The number of carbonyl (C=O) groups excluding carboxylic acids is 4. The summed E-state index contributed by atoms with van der Waals surface area (Å²) in [4.78, 5) is 59.6. The highest BCUT2D eigenvalue weighted by Crippen LogP contribution is 2.43. The normalized spacial score (nSPS) is 17.6. The number of hydrogen-bond donors (Lipinski definition) is 2. The van der Waals surface area contributed by atoms with Crippen LogP contribution in [0, 0.1) is 0 Å². The van der Waals surface area contributed by atoms with E-state index in [1.165, 1.54) is 48.8 Å². The summed E-state index contributed by atoms with van der Waals surface area (Å²) in [5, 5.41) is 19.4. The molecule has 0 bridgehead atoms. The maximum absolute atomic E-state index is 13.6.